The predicted octanol–water partition coefficient (Wildman–Crippen LogP) is 2.54. The van der Waals surface area contributed by atoms with Crippen molar-refractivity contribution in [1.29, 1.82) is 5.41 Å². The van der Waals surface area contributed by atoms with E-state index in [0.29, 0.717) is 0 Å². The van der Waals surface area contributed by atoms with E-state index in [4.69, 9.17) is 14.3 Å². The van der Waals surface area contributed by atoms with Crippen LogP contribution in [-0.2, 0) is 19.0 Å². The zero-order valence-electron chi connectivity index (χ0n) is 13.0. The minimum atomic E-state index is -3.62. The fraction of sp³-hybridized carbons (Fsp3) is 0.692. The molecule has 0 saturated carbocycles. The number of hydrogen-bond donors (Lipinski definition) is 1. The number of nitrogens with one attached hydrogen (secondary N) is 1. The van der Waals surface area contributed by atoms with Gasteiger partial charge in [-0.15, -0.1) is 0 Å². The van der Waals surface area contributed by atoms with Crippen molar-refractivity contribution in [2.24, 2.45) is 4.99 Å². The molecule has 8 heteroatoms. The molecule has 0 fully saturated rings. The Labute approximate surface area is 135 Å². The van der Waals surface area contributed by atoms with Crippen LogP contribution in [-0.4, -0.2) is 50.4 Å². The lowest BCUT2D eigenvalue weighted by Crippen LogP contribution is -2.34. The van der Waals surface area contributed by atoms with Gasteiger partial charge in [0.15, 0.2) is 0 Å². The molecular weight excluding hydrogens is 360 g/mol. The second-order valence-corrected chi connectivity index (χ2v) is 7.73. The second kappa shape index (κ2) is 8.65. The third-order valence-corrected chi connectivity index (χ3v) is 4.22. The zero-order chi connectivity index (χ0) is 16.7. The van der Waals surface area contributed by atoms with Gasteiger partial charge < -0.3 is 4.74 Å². The Kier molecular flexibility index (Phi) is 8.35. The number of nitrogens with zero attached hydrogens (tertiary/aromatic N) is 1. The van der Waals surface area contributed by atoms with Crippen LogP contribution < -0.4 is 0 Å². The highest BCUT2D eigenvalue weighted by Crippen LogP contribution is 2.25. The number of aliphatic imine (C=N–C) groups is 1. The third kappa shape index (κ3) is 7.73. The van der Waals surface area contributed by atoms with Crippen LogP contribution in [0.3, 0.4) is 0 Å². The van der Waals surface area contributed by atoms with Crippen molar-refractivity contribution in [3.63, 3.8) is 0 Å². The molecular formula is C13H23BrN2O4S. The second-order valence-electron chi connectivity index (χ2n) is 4.71. The summed E-state index contributed by atoms with van der Waals surface area (Å²) in [5.41, 5.74) is -0.505. The van der Waals surface area contributed by atoms with Gasteiger partial charge in [-0.3, -0.25) is 14.6 Å². The summed E-state index contributed by atoms with van der Waals surface area (Å²) in [6.07, 6.45) is 5.68. The molecule has 0 bridgehead atoms. The van der Waals surface area contributed by atoms with E-state index >= 15 is 0 Å². The number of hydrogen-bond acceptors (Lipinski definition) is 6. The summed E-state index contributed by atoms with van der Waals surface area (Å²) in [5.74, 6) is -0.220. The molecule has 0 aromatic carbocycles. The van der Waals surface area contributed by atoms with E-state index in [0.717, 1.165) is 12.7 Å². The molecule has 6 nitrogen and oxygen atoms in total. The maximum atomic E-state index is 11.1. The summed E-state index contributed by atoms with van der Waals surface area (Å²) >= 11 is 3.49. The highest BCUT2D eigenvalue weighted by atomic mass is 79.9. The summed E-state index contributed by atoms with van der Waals surface area (Å²) in [4.78, 5) is 4.44. The van der Waals surface area contributed by atoms with Gasteiger partial charge in [0, 0.05) is 4.83 Å². The molecule has 2 atom stereocenters. The quantitative estimate of drug-likeness (QED) is 0.229. The smallest absolute Gasteiger partial charge is 0.264 e. The maximum Gasteiger partial charge on any atom is 0.264 e. The molecule has 0 aromatic rings. The van der Waals surface area contributed by atoms with Crippen LogP contribution >= 0.6 is 15.9 Å². The first-order valence-corrected chi connectivity index (χ1v) is 9.16. The largest absolute Gasteiger partial charge is 0.480 e. The van der Waals surface area contributed by atoms with Gasteiger partial charge in [0.2, 0.25) is 5.90 Å². The lowest BCUT2D eigenvalue weighted by atomic mass is 9.98. The Morgan fingerprint density at radius 2 is 2.10 bits per heavy atom. The Morgan fingerprint density at radius 3 is 2.48 bits per heavy atom. The van der Waals surface area contributed by atoms with E-state index in [2.05, 4.69) is 20.9 Å². The Hall–Kier alpha value is -0.730. The number of ether oxygens (including phenoxy) is 1. The molecule has 0 aliphatic carbocycles. The zero-order valence-corrected chi connectivity index (χ0v) is 15.4. The predicted molar refractivity (Wildman–Crippen MR) is 89.2 cm³/mol. The average molecular weight is 383 g/mol. The van der Waals surface area contributed by atoms with E-state index in [1.54, 1.807) is 0 Å². The molecule has 1 unspecified atom stereocenters. The molecule has 0 heterocycles. The monoisotopic (exact) mass is 382 g/mol. The van der Waals surface area contributed by atoms with Crippen molar-refractivity contribution in [3.05, 3.63) is 12.2 Å². The van der Waals surface area contributed by atoms with Crippen LogP contribution in [0.4, 0.5) is 0 Å². The van der Waals surface area contributed by atoms with Crippen molar-refractivity contribution >= 4 is 37.7 Å². The molecule has 0 aromatic heterocycles. The van der Waals surface area contributed by atoms with Gasteiger partial charge in [-0.05, 0) is 20.3 Å². The summed E-state index contributed by atoms with van der Waals surface area (Å²) in [6, 6.07) is 0. The SMILES string of the molecule is CC/C=C\[C@@](C)(N=C(COS(C)(=O)=O)C(=N)OC)C(C)Br. The number of methoxy groups -OCH3 is 1. The fourth-order valence-corrected chi connectivity index (χ4v) is 1.92. The highest BCUT2D eigenvalue weighted by Gasteiger charge is 2.28. The van der Waals surface area contributed by atoms with Crippen LogP contribution in [0.1, 0.15) is 27.2 Å². The van der Waals surface area contributed by atoms with Gasteiger partial charge in [0.1, 0.15) is 12.3 Å². The van der Waals surface area contributed by atoms with Gasteiger partial charge in [-0.2, -0.15) is 8.42 Å². The maximum absolute atomic E-state index is 11.1. The lowest BCUT2D eigenvalue weighted by Gasteiger charge is -2.26. The molecule has 0 aliphatic heterocycles. The van der Waals surface area contributed by atoms with Crippen molar-refractivity contribution in [3.8, 4) is 0 Å². The van der Waals surface area contributed by atoms with Crippen LogP contribution in [0.5, 0.6) is 0 Å². The third-order valence-electron chi connectivity index (χ3n) is 2.75. The van der Waals surface area contributed by atoms with Crippen LogP contribution in [0.15, 0.2) is 17.1 Å². The normalized spacial score (nSPS) is 17.5. The minimum absolute atomic E-state index is 0.0225. The molecule has 21 heavy (non-hydrogen) atoms. The first-order chi connectivity index (χ1) is 9.55. The van der Waals surface area contributed by atoms with Gasteiger partial charge >= 0.3 is 0 Å². The number of allylic oxidation sites excluding steroid dienone is 1. The summed E-state index contributed by atoms with van der Waals surface area (Å²) < 4.78 is 31.8. The first kappa shape index (κ1) is 20.3. The number of halogens is 1. The van der Waals surface area contributed by atoms with Crippen LogP contribution in [0, 0.1) is 5.41 Å². The Bertz CT molecular complexity index is 514. The molecule has 0 saturated heterocycles. The van der Waals surface area contributed by atoms with E-state index in [9.17, 15) is 8.42 Å². The van der Waals surface area contributed by atoms with Gasteiger partial charge in [-0.1, -0.05) is 35.0 Å². The van der Waals surface area contributed by atoms with Gasteiger partial charge in [-0.25, -0.2) is 0 Å². The van der Waals surface area contributed by atoms with E-state index < -0.39 is 15.7 Å². The van der Waals surface area contributed by atoms with Crippen molar-refractivity contribution in [2.45, 2.75) is 37.6 Å². The van der Waals surface area contributed by atoms with Crippen molar-refractivity contribution < 1.29 is 17.3 Å². The Morgan fingerprint density at radius 1 is 1.52 bits per heavy atom. The summed E-state index contributed by atoms with van der Waals surface area (Å²) in [6.45, 7) is 5.47. The molecule has 0 aliphatic rings. The van der Waals surface area contributed by atoms with E-state index in [1.165, 1.54) is 7.11 Å². The lowest BCUT2D eigenvalue weighted by molar-refractivity contribution is 0.364. The number of rotatable bonds is 8. The van der Waals surface area contributed by atoms with Gasteiger partial charge in [0.05, 0.1) is 18.9 Å². The van der Waals surface area contributed by atoms with Crippen molar-refractivity contribution in [1.82, 2.24) is 0 Å². The van der Waals surface area contributed by atoms with Crippen LogP contribution in [0.25, 0.3) is 0 Å². The van der Waals surface area contributed by atoms with Gasteiger partial charge in [0.25, 0.3) is 10.1 Å². The molecule has 0 rings (SSSR count). The summed E-state index contributed by atoms with van der Waals surface area (Å²) in [7, 11) is -2.29. The Balaban J connectivity index is 5.54. The molecule has 0 radical (unpaired) electrons. The first-order valence-electron chi connectivity index (χ1n) is 6.43. The standard InChI is InChI=1S/C13H23BrN2O4S/c1-6-7-8-13(3,10(2)14)16-11(12(15)19-4)9-20-21(5,17)18/h7-8,10,15H,6,9H2,1-5H3/b8-7-,15-12?,16-11?/t10?,13-/m1/s1. The van der Waals surface area contributed by atoms with Crippen molar-refractivity contribution in [2.75, 3.05) is 20.0 Å². The minimum Gasteiger partial charge on any atom is -0.480 e. The molecule has 1 N–H and O–H groups in total. The molecule has 0 spiro atoms. The highest BCUT2D eigenvalue weighted by molar-refractivity contribution is 9.09. The molecule has 122 valence electrons. The van der Waals surface area contributed by atoms with E-state index in [1.807, 2.05) is 32.9 Å². The topological polar surface area (TPSA) is 88.8 Å². The van der Waals surface area contributed by atoms with E-state index in [-0.39, 0.29) is 23.0 Å². The van der Waals surface area contributed by atoms with Crippen LogP contribution in [0.2, 0.25) is 0 Å². The fourth-order valence-electron chi connectivity index (χ4n) is 1.34. The molecule has 0 amide bonds. The average Bonchev–Trinajstić information content (AvgIpc) is 2.39. The number of alkyl halides is 1. The summed E-state index contributed by atoms with van der Waals surface area (Å²) in [5, 5.41) is 7.73.